The molecule has 3 nitrogen and oxygen atoms in total. The van der Waals surface area contributed by atoms with Crippen LogP contribution in [0.1, 0.15) is 24.8 Å². The summed E-state index contributed by atoms with van der Waals surface area (Å²) >= 11 is 0. The van der Waals surface area contributed by atoms with E-state index >= 15 is 0 Å². The number of rotatable bonds is 3. The summed E-state index contributed by atoms with van der Waals surface area (Å²) in [6.45, 7) is 2.88. The molecule has 0 spiro atoms. The summed E-state index contributed by atoms with van der Waals surface area (Å²) in [6, 6.07) is 15.0. The maximum Gasteiger partial charge on any atom is 0.191 e. The number of likely N-dealkylation sites (tertiary alicyclic amines) is 1. The second kappa shape index (κ2) is 6.61. The van der Waals surface area contributed by atoms with Crippen LogP contribution in [0.3, 0.4) is 0 Å². The van der Waals surface area contributed by atoms with Crippen molar-refractivity contribution >= 4 is 16.7 Å². The molecule has 1 aliphatic rings. The summed E-state index contributed by atoms with van der Waals surface area (Å²) in [5, 5.41) is 2.62. The van der Waals surface area contributed by atoms with E-state index in [0.717, 1.165) is 32.0 Å². The van der Waals surface area contributed by atoms with Crippen molar-refractivity contribution in [2.24, 2.45) is 10.7 Å². The summed E-state index contributed by atoms with van der Waals surface area (Å²) in [4.78, 5) is 6.79. The van der Waals surface area contributed by atoms with Gasteiger partial charge in [0.2, 0.25) is 0 Å². The Labute approximate surface area is 126 Å². The van der Waals surface area contributed by atoms with Gasteiger partial charge in [0.25, 0.3) is 0 Å². The zero-order valence-electron chi connectivity index (χ0n) is 12.5. The minimum Gasteiger partial charge on any atom is -0.370 e. The lowest BCUT2D eigenvalue weighted by molar-refractivity contribution is 0.338. The van der Waals surface area contributed by atoms with Gasteiger partial charge in [-0.05, 0) is 42.0 Å². The lowest BCUT2D eigenvalue weighted by Crippen LogP contribution is -2.41. The number of piperidine rings is 1. The van der Waals surface area contributed by atoms with E-state index in [1.54, 1.807) is 0 Å². The van der Waals surface area contributed by atoms with Crippen LogP contribution in [0, 0.1) is 0 Å². The van der Waals surface area contributed by atoms with E-state index in [0.29, 0.717) is 0 Å². The molecule has 0 bridgehead atoms. The van der Waals surface area contributed by atoms with Gasteiger partial charge in [0.15, 0.2) is 5.96 Å². The van der Waals surface area contributed by atoms with Gasteiger partial charge in [0.05, 0.1) is 0 Å². The number of hydrogen-bond acceptors (Lipinski definition) is 1. The highest BCUT2D eigenvalue weighted by Crippen LogP contribution is 2.18. The number of aliphatic imine (C=N–C) groups is 1. The average molecular weight is 281 g/mol. The molecule has 0 unspecified atom stereocenters. The molecule has 0 saturated carbocycles. The van der Waals surface area contributed by atoms with Crippen LogP contribution in [0.15, 0.2) is 47.5 Å². The van der Waals surface area contributed by atoms with E-state index in [-0.39, 0.29) is 0 Å². The maximum absolute atomic E-state index is 6.10. The Hall–Kier alpha value is -2.03. The molecule has 0 aliphatic carbocycles. The molecule has 0 amide bonds. The Balaban J connectivity index is 1.66. The Morgan fingerprint density at radius 3 is 2.62 bits per heavy atom. The highest BCUT2D eigenvalue weighted by molar-refractivity contribution is 5.85. The predicted molar refractivity (Wildman–Crippen MR) is 89.6 cm³/mol. The number of fused-ring (bicyclic) bond motifs is 1. The summed E-state index contributed by atoms with van der Waals surface area (Å²) < 4.78 is 0. The standard InChI is InChI=1S/C18H23N3/c19-18(21-13-4-1-5-14-21)20-12-11-16-9-6-8-15-7-2-3-10-17(15)16/h2-3,6-10H,1,4-5,11-14H2,(H2,19,20). The van der Waals surface area contributed by atoms with Crippen molar-refractivity contribution in [3.63, 3.8) is 0 Å². The summed E-state index contributed by atoms with van der Waals surface area (Å²) in [5.41, 5.74) is 7.45. The van der Waals surface area contributed by atoms with E-state index in [9.17, 15) is 0 Å². The van der Waals surface area contributed by atoms with Gasteiger partial charge >= 0.3 is 0 Å². The first-order valence-corrected chi connectivity index (χ1v) is 7.86. The summed E-state index contributed by atoms with van der Waals surface area (Å²) in [7, 11) is 0. The van der Waals surface area contributed by atoms with E-state index in [1.807, 2.05) is 0 Å². The number of nitrogens with zero attached hydrogens (tertiary/aromatic N) is 2. The van der Waals surface area contributed by atoms with Gasteiger partial charge in [0.1, 0.15) is 0 Å². The molecule has 21 heavy (non-hydrogen) atoms. The monoisotopic (exact) mass is 281 g/mol. The molecular formula is C18H23N3. The molecule has 2 aromatic carbocycles. The lowest BCUT2D eigenvalue weighted by atomic mass is 10.0. The molecule has 1 aliphatic heterocycles. The van der Waals surface area contributed by atoms with Crippen molar-refractivity contribution in [3.8, 4) is 0 Å². The third-order valence-electron chi connectivity index (χ3n) is 4.21. The van der Waals surface area contributed by atoms with E-state index in [1.165, 1.54) is 35.6 Å². The number of hydrogen-bond donors (Lipinski definition) is 1. The highest BCUT2D eigenvalue weighted by atomic mass is 15.2. The number of guanidine groups is 1. The van der Waals surface area contributed by atoms with Gasteiger partial charge in [0, 0.05) is 19.6 Å². The van der Waals surface area contributed by atoms with Crippen LogP contribution in [0.5, 0.6) is 0 Å². The van der Waals surface area contributed by atoms with Crippen LogP contribution in [0.2, 0.25) is 0 Å². The molecule has 3 rings (SSSR count). The van der Waals surface area contributed by atoms with E-state index in [2.05, 4.69) is 52.4 Å². The minimum absolute atomic E-state index is 0.718. The van der Waals surface area contributed by atoms with Crippen molar-refractivity contribution in [1.29, 1.82) is 0 Å². The Kier molecular flexibility index (Phi) is 4.39. The molecule has 2 N–H and O–H groups in total. The summed E-state index contributed by atoms with van der Waals surface area (Å²) in [5.74, 6) is 0.718. The van der Waals surface area contributed by atoms with E-state index < -0.39 is 0 Å². The van der Waals surface area contributed by atoms with E-state index in [4.69, 9.17) is 5.73 Å². The number of benzene rings is 2. The van der Waals surface area contributed by atoms with Crippen LogP contribution < -0.4 is 5.73 Å². The zero-order valence-corrected chi connectivity index (χ0v) is 12.5. The smallest absolute Gasteiger partial charge is 0.191 e. The van der Waals surface area contributed by atoms with Crippen molar-refractivity contribution in [2.75, 3.05) is 19.6 Å². The van der Waals surface area contributed by atoms with Gasteiger partial charge < -0.3 is 10.6 Å². The quantitative estimate of drug-likeness (QED) is 0.693. The van der Waals surface area contributed by atoms with Gasteiger partial charge in [-0.3, -0.25) is 4.99 Å². The first-order valence-electron chi connectivity index (χ1n) is 7.86. The van der Waals surface area contributed by atoms with Crippen LogP contribution >= 0.6 is 0 Å². The fourth-order valence-corrected chi connectivity index (χ4v) is 3.02. The fraction of sp³-hybridized carbons (Fsp3) is 0.389. The lowest BCUT2D eigenvalue weighted by Gasteiger charge is -2.27. The van der Waals surface area contributed by atoms with Gasteiger partial charge in [-0.15, -0.1) is 0 Å². The fourth-order valence-electron chi connectivity index (χ4n) is 3.02. The van der Waals surface area contributed by atoms with Crippen molar-refractivity contribution in [3.05, 3.63) is 48.0 Å². The molecule has 1 fully saturated rings. The second-order valence-corrected chi connectivity index (χ2v) is 5.68. The molecule has 110 valence electrons. The van der Waals surface area contributed by atoms with Gasteiger partial charge in [-0.1, -0.05) is 42.5 Å². The minimum atomic E-state index is 0.718. The maximum atomic E-state index is 6.10. The van der Waals surface area contributed by atoms with Gasteiger partial charge in [-0.25, -0.2) is 0 Å². The second-order valence-electron chi connectivity index (χ2n) is 5.68. The molecule has 3 heteroatoms. The Morgan fingerprint density at radius 2 is 1.76 bits per heavy atom. The van der Waals surface area contributed by atoms with Gasteiger partial charge in [-0.2, -0.15) is 0 Å². The van der Waals surface area contributed by atoms with Crippen LogP contribution in [0.4, 0.5) is 0 Å². The molecule has 0 radical (unpaired) electrons. The van der Waals surface area contributed by atoms with Crippen LogP contribution in [-0.2, 0) is 6.42 Å². The predicted octanol–water partition coefficient (Wildman–Crippen LogP) is 3.18. The molecule has 1 heterocycles. The average Bonchev–Trinajstić information content (AvgIpc) is 2.56. The zero-order chi connectivity index (χ0) is 14.5. The Bertz CT molecular complexity index is 622. The molecule has 0 aromatic heterocycles. The van der Waals surface area contributed by atoms with Crippen LogP contribution in [-0.4, -0.2) is 30.5 Å². The van der Waals surface area contributed by atoms with Crippen molar-refractivity contribution < 1.29 is 0 Å². The first kappa shape index (κ1) is 13.9. The normalized spacial score (nSPS) is 16.4. The molecule has 2 aromatic rings. The van der Waals surface area contributed by atoms with Crippen LogP contribution in [0.25, 0.3) is 10.8 Å². The van der Waals surface area contributed by atoms with Crippen molar-refractivity contribution in [2.45, 2.75) is 25.7 Å². The topological polar surface area (TPSA) is 41.6 Å². The first-order chi connectivity index (χ1) is 10.3. The third-order valence-corrected chi connectivity index (χ3v) is 4.21. The van der Waals surface area contributed by atoms with Crippen molar-refractivity contribution in [1.82, 2.24) is 4.90 Å². The Morgan fingerprint density at radius 1 is 1.00 bits per heavy atom. The largest absolute Gasteiger partial charge is 0.370 e. The SMILES string of the molecule is NC(=NCCc1cccc2ccccc12)N1CCCCC1. The molecule has 0 atom stereocenters. The number of nitrogens with two attached hydrogens (primary N) is 1. The third kappa shape index (κ3) is 3.35. The highest BCUT2D eigenvalue weighted by Gasteiger charge is 2.11. The molecule has 1 saturated heterocycles. The summed E-state index contributed by atoms with van der Waals surface area (Å²) in [6.07, 6.45) is 4.73. The molecular weight excluding hydrogens is 258 g/mol.